The van der Waals surface area contributed by atoms with Crippen molar-refractivity contribution >= 4 is 11.7 Å². The Morgan fingerprint density at radius 2 is 1.92 bits per heavy atom. The molecule has 3 rings (SSSR count). The molecule has 0 fully saturated rings. The van der Waals surface area contributed by atoms with Crippen LogP contribution < -0.4 is 14.8 Å². The molecule has 0 amide bonds. The molecule has 0 aliphatic carbocycles. The van der Waals surface area contributed by atoms with Gasteiger partial charge < -0.3 is 24.6 Å². The molecule has 0 aromatic heterocycles. The third-order valence-corrected chi connectivity index (χ3v) is 3.65. The molecule has 0 saturated carbocycles. The van der Waals surface area contributed by atoms with Gasteiger partial charge in [0.05, 0.1) is 12.2 Å². The van der Waals surface area contributed by atoms with Gasteiger partial charge in [-0.3, -0.25) is 0 Å². The van der Waals surface area contributed by atoms with Gasteiger partial charge in [0.25, 0.3) is 0 Å². The molecule has 0 spiro atoms. The minimum absolute atomic E-state index is 0.231. The van der Waals surface area contributed by atoms with Crippen LogP contribution in [0.15, 0.2) is 36.4 Å². The van der Waals surface area contributed by atoms with Crippen LogP contribution in [0, 0.1) is 0 Å². The minimum atomic E-state index is -0.963. The Balaban J connectivity index is 1.75. The molecule has 2 N–H and O–H groups in total. The smallest absolute Gasteiger partial charge is 0.335 e. The van der Waals surface area contributed by atoms with E-state index in [1.54, 1.807) is 19.2 Å². The largest absolute Gasteiger partial charge is 0.486 e. The van der Waals surface area contributed by atoms with Gasteiger partial charge in [-0.25, -0.2) is 4.79 Å². The van der Waals surface area contributed by atoms with Gasteiger partial charge in [-0.2, -0.15) is 0 Å². The first-order chi connectivity index (χ1) is 11.7. The molecule has 2 aromatic carbocycles. The van der Waals surface area contributed by atoms with Gasteiger partial charge in [0.15, 0.2) is 11.5 Å². The molecule has 0 bridgehead atoms. The van der Waals surface area contributed by atoms with Crippen LogP contribution in [0.1, 0.15) is 21.5 Å². The van der Waals surface area contributed by atoms with Crippen LogP contribution in [0.25, 0.3) is 0 Å². The Hall–Kier alpha value is -2.73. The zero-order valence-electron chi connectivity index (χ0n) is 13.4. The lowest BCUT2D eigenvalue weighted by Crippen LogP contribution is -2.15. The van der Waals surface area contributed by atoms with Crippen LogP contribution >= 0.6 is 0 Å². The fourth-order valence-electron chi connectivity index (χ4n) is 2.57. The molecule has 126 valence electrons. The summed E-state index contributed by atoms with van der Waals surface area (Å²) >= 11 is 0. The molecule has 0 radical (unpaired) electrons. The average Bonchev–Trinajstić information content (AvgIpc) is 2.60. The van der Waals surface area contributed by atoms with Crippen molar-refractivity contribution in [3.8, 4) is 11.5 Å². The van der Waals surface area contributed by atoms with Crippen LogP contribution in [-0.2, 0) is 17.9 Å². The van der Waals surface area contributed by atoms with Crippen LogP contribution in [0.2, 0.25) is 0 Å². The van der Waals surface area contributed by atoms with Crippen molar-refractivity contribution in [2.24, 2.45) is 0 Å². The summed E-state index contributed by atoms with van der Waals surface area (Å²) in [7, 11) is 1.58. The number of anilines is 1. The number of carboxylic acid groups (broad SMARTS) is 1. The molecule has 0 saturated heterocycles. The van der Waals surface area contributed by atoms with E-state index in [2.05, 4.69) is 5.32 Å². The average molecular weight is 329 g/mol. The number of carboxylic acids is 1. The highest BCUT2D eigenvalue weighted by Crippen LogP contribution is 2.31. The van der Waals surface area contributed by atoms with E-state index in [0.29, 0.717) is 26.4 Å². The maximum atomic E-state index is 11.2. The number of ether oxygens (including phenoxy) is 3. The number of methoxy groups -OCH3 is 1. The van der Waals surface area contributed by atoms with Crippen molar-refractivity contribution in [1.29, 1.82) is 0 Å². The number of nitrogens with one attached hydrogen (secondary N) is 1. The van der Waals surface area contributed by atoms with Crippen molar-refractivity contribution in [3.63, 3.8) is 0 Å². The monoisotopic (exact) mass is 329 g/mol. The normalized spacial score (nSPS) is 12.7. The highest BCUT2D eigenvalue weighted by atomic mass is 16.6. The first kappa shape index (κ1) is 16.1. The van der Waals surface area contributed by atoms with Gasteiger partial charge in [0, 0.05) is 19.3 Å². The van der Waals surface area contributed by atoms with E-state index in [1.165, 1.54) is 0 Å². The number of rotatable bonds is 6. The summed E-state index contributed by atoms with van der Waals surface area (Å²) in [5.41, 5.74) is 2.79. The molecule has 1 aliphatic heterocycles. The second-order valence-electron chi connectivity index (χ2n) is 5.49. The molecule has 1 aliphatic rings. The second-order valence-corrected chi connectivity index (χ2v) is 5.49. The van der Waals surface area contributed by atoms with Gasteiger partial charge in [0.1, 0.15) is 13.2 Å². The predicted molar refractivity (Wildman–Crippen MR) is 88.9 cm³/mol. The molecular formula is C18H19NO5. The van der Waals surface area contributed by atoms with E-state index in [9.17, 15) is 9.90 Å². The Labute approximate surface area is 140 Å². The lowest BCUT2D eigenvalue weighted by molar-refractivity contribution is 0.0696. The lowest BCUT2D eigenvalue weighted by Gasteiger charge is -2.19. The van der Waals surface area contributed by atoms with E-state index in [1.807, 2.05) is 24.3 Å². The van der Waals surface area contributed by atoms with Crippen molar-refractivity contribution in [1.82, 2.24) is 0 Å². The SMILES string of the molecule is COCc1cc(NCc2ccc3c(c2)OCCO3)cc(C(=O)O)c1. The van der Waals surface area contributed by atoms with Crippen LogP contribution in [0.4, 0.5) is 5.69 Å². The third kappa shape index (κ3) is 3.78. The molecule has 6 nitrogen and oxygen atoms in total. The van der Waals surface area contributed by atoms with Crippen molar-refractivity contribution in [3.05, 3.63) is 53.1 Å². The summed E-state index contributed by atoms with van der Waals surface area (Å²) < 4.78 is 16.2. The van der Waals surface area contributed by atoms with E-state index in [4.69, 9.17) is 14.2 Å². The molecule has 0 unspecified atom stereocenters. The Morgan fingerprint density at radius 1 is 1.12 bits per heavy atom. The first-order valence-corrected chi connectivity index (χ1v) is 7.64. The maximum absolute atomic E-state index is 11.2. The Morgan fingerprint density at radius 3 is 2.67 bits per heavy atom. The summed E-state index contributed by atoms with van der Waals surface area (Å²) in [6, 6.07) is 10.9. The highest BCUT2D eigenvalue weighted by molar-refractivity contribution is 5.89. The number of hydrogen-bond donors (Lipinski definition) is 2. The van der Waals surface area contributed by atoms with Gasteiger partial charge in [-0.05, 0) is 41.5 Å². The van der Waals surface area contributed by atoms with Gasteiger partial charge >= 0.3 is 5.97 Å². The Kier molecular flexibility index (Phi) is 4.86. The van der Waals surface area contributed by atoms with Gasteiger partial charge in [0.2, 0.25) is 0 Å². The number of hydrogen-bond acceptors (Lipinski definition) is 5. The van der Waals surface area contributed by atoms with E-state index in [-0.39, 0.29) is 5.56 Å². The fourth-order valence-corrected chi connectivity index (χ4v) is 2.57. The van der Waals surface area contributed by atoms with Crippen LogP contribution in [-0.4, -0.2) is 31.4 Å². The number of carbonyl (C=O) groups is 1. The summed E-state index contributed by atoms with van der Waals surface area (Å²) in [6.07, 6.45) is 0. The first-order valence-electron chi connectivity index (χ1n) is 7.64. The Bertz CT molecular complexity index is 744. The predicted octanol–water partition coefficient (Wildman–Crippen LogP) is 2.91. The molecule has 1 heterocycles. The third-order valence-electron chi connectivity index (χ3n) is 3.65. The standard InChI is InChI=1S/C18H19NO5/c1-22-11-13-6-14(18(20)21)9-15(7-13)19-10-12-2-3-16-17(8-12)24-5-4-23-16/h2-3,6-9,19H,4-5,10-11H2,1H3,(H,20,21). The zero-order valence-corrected chi connectivity index (χ0v) is 13.4. The molecule has 2 aromatic rings. The molecule has 6 heteroatoms. The summed E-state index contributed by atoms with van der Waals surface area (Å²) in [6.45, 7) is 2.02. The fraction of sp³-hybridized carbons (Fsp3) is 0.278. The van der Waals surface area contributed by atoms with E-state index < -0.39 is 5.97 Å². The number of benzene rings is 2. The summed E-state index contributed by atoms with van der Waals surface area (Å²) in [5.74, 6) is 0.524. The van der Waals surface area contributed by atoms with Gasteiger partial charge in [-0.15, -0.1) is 0 Å². The molecular weight excluding hydrogens is 310 g/mol. The topological polar surface area (TPSA) is 77.0 Å². The van der Waals surface area contributed by atoms with Crippen molar-refractivity contribution in [2.45, 2.75) is 13.2 Å². The molecule has 24 heavy (non-hydrogen) atoms. The zero-order chi connectivity index (χ0) is 16.9. The number of aromatic carboxylic acids is 1. The van der Waals surface area contributed by atoms with Crippen LogP contribution in [0.5, 0.6) is 11.5 Å². The quantitative estimate of drug-likeness (QED) is 0.848. The number of fused-ring (bicyclic) bond motifs is 1. The summed E-state index contributed by atoms with van der Waals surface area (Å²) in [5, 5.41) is 12.5. The highest BCUT2D eigenvalue weighted by Gasteiger charge is 2.12. The second kappa shape index (κ2) is 7.23. The molecule has 0 atom stereocenters. The summed E-state index contributed by atoms with van der Waals surface area (Å²) in [4.78, 5) is 11.2. The lowest BCUT2D eigenvalue weighted by atomic mass is 10.1. The minimum Gasteiger partial charge on any atom is -0.486 e. The van der Waals surface area contributed by atoms with E-state index in [0.717, 1.165) is 28.3 Å². The van der Waals surface area contributed by atoms with Crippen molar-refractivity contribution in [2.75, 3.05) is 25.6 Å². The van der Waals surface area contributed by atoms with E-state index >= 15 is 0 Å². The van der Waals surface area contributed by atoms with Crippen molar-refractivity contribution < 1.29 is 24.1 Å². The van der Waals surface area contributed by atoms with Gasteiger partial charge in [-0.1, -0.05) is 6.07 Å². The maximum Gasteiger partial charge on any atom is 0.335 e. The van der Waals surface area contributed by atoms with Crippen LogP contribution in [0.3, 0.4) is 0 Å².